The lowest BCUT2D eigenvalue weighted by atomic mass is 9.85. The molecule has 1 saturated carbocycles. The van der Waals surface area contributed by atoms with E-state index in [-0.39, 0.29) is 55.2 Å². The van der Waals surface area contributed by atoms with Crippen molar-refractivity contribution in [1.82, 2.24) is 20.5 Å². The van der Waals surface area contributed by atoms with Crippen molar-refractivity contribution in [2.45, 2.75) is 90.6 Å². The van der Waals surface area contributed by atoms with E-state index in [0.717, 1.165) is 47.2 Å². The van der Waals surface area contributed by atoms with Gasteiger partial charge in [0.05, 0.1) is 69.5 Å². The average Bonchev–Trinajstić information content (AvgIpc) is 3.83. The summed E-state index contributed by atoms with van der Waals surface area (Å²) in [5.41, 5.74) is 3.36. The lowest BCUT2D eigenvalue weighted by molar-refractivity contribution is -0.138. The van der Waals surface area contributed by atoms with E-state index in [2.05, 4.69) is 28.9 Å². The fourth-order valence-electron chi connectivity index (χ4n) is 6.98. The number of hydrogen-bond donors (Lipinski definition) is 4. The van der Waals surface area contributed by atoms with Crippen LogP contribution in [-0.2, 0) is 51.1 Å². The van der Waals surface area contributed by atoms with Crippen LogP contribution in [-0.4, -0.2) is 118 Å². The third kappa shape index (κ3) is 16.7. The molecule has 0 spiro atoms. The van der Waals surface area contributed by atoms with Crippen LogP contribution in [0.5, 0.6) is 0 Å². The summed E-state index contributed by atoms with van der Waals surface area (Å²) in [6.45, 7) is 8.53. The molecule has 0 atom stereocenters. The molecule has 15 nitrogen and oxygen atoms in total. The summed E-state index contributed by atoms with van der Waals surface area (Å²) in [6.07, 6.45) is 6.42. The van der Waals surface area contributed by atoms with Gasteiger partial charge >= 0.3 is 5.97 Å². The number of hydrogen-bond acceptors (Lipinski definition) is 10. The number of carbonyl (C=O) groups is 5. The molecule has 4 rings (SSSR count). The minimum absolute atomic E-state index is 0.0228. The smallest absolute Gasteiger partial charge is 0.305 e. The van der Waals surface area contributed by atoms with Crippen LogP contribution in [0, 0.1) is 5.92 Å². The van der Waals surface area contributed by atoms with Crippen LogP contribution < -0.4 is 20.9 Å². The molecule has 59 heavy (non-hydrogen) atoms. The van der Waals surface area contributed by atoms with Gasteiger partial charge in [0.1, 0.15) is 12.2 Å². The van der Waals surface area contributed by atoms with Gasteiger partial charge in [0.15, 0.2) is 0 Å². The van der Waals surface area contributed by atoms with Crippen LogP contribution in [0.25, 0.3) is 10.2 Å². The molecule has 0 saturated heterocycles. The minimum Gasteiger partial charge on any atom is -0.481 e. The number of fused-ring (bicyclic) bond motifs is 1. The van der Waals surface area contributed by atoms with E-state index in [1.807, 2.05) is 47.2 Å². The van der Waals surface area contributed by atoms with Crippen LogP contribution in [0.4, 0.5) is 5.69 Å². The number of ether oxygens (including phenoxy) is 4. The van der Waals surface area contributed by atoms with E-state index in [1.54, 1.807) is 16.2 Å². The standard InChI is InChI=1S/C43H63N5O10S/c1-3-32-9-8-10-35(29-32)47(4-2)40(50)31-48-36-17-28-59-38(36)30-37(48)43(54)46-34-14-12-33(13-15-34)42(53)45-18-7-5-6-11-39(49)44-19-21-56-23-25-58-27-26-57-24-22-55-20-16-41(51)52/h8-10,17,28-30,33-34H,3-7,11-16,18-27,31H2,1-2H3,(H,44,49)(H,45,53)(H,46,54)(H,51,52). The van der Waals surface area contributed by atoms with Gasteiger partial charge in [-0.15, -0.1) is 11.3 Å². The van der Waals surface area contributed by atoms with E-state index in [0.29, 0.717) is 104 Å². The van der Waals surface area contributed by atoms with Gasteiger partial charge in [0, 0.05) is 43.7 Å². The maximum atomic E-state index is 13.7. The highest BCUT2D eigenvalue weighted by atomic mass is 32.1. The second-order valence-corrected chi connectivity index (χ2v) is 15.5. The molecule has 0 bridgehead atoms. The van der Waals surface area contributed by atoms with E-state index < -0.39 is 5.97 Å². The van der Waals surface area contributed by atoms with Crippen molar-refractivity contribution < 1.29 is 48.0 Å². The largest absolute Gasteiger partial charge is 0.481 e. The normalized spacial score (nSPS) is 15.2. The molecule has 4 N–H and O–H groups in total. The Bertz CT molecular complexity index is 1750. The number of amides is 4. The first-order chi connectivity index (χ1) is 28.7. The summed E-state index contributed by atoms with van der Waals surface area (Å²) in [6, 6.07) is 11.8. The Hall–Kier alpha value is -4.35. The van der Waals surface area contributed by atoms with Crippen LogP contribution >= 0.6 is 11.3 Å². The second-order valence-electron chi connectivity index (χ2n) is 14.5. The first kappa shape index (κ1) is 47.3. The summed E-state index contributed by atoms with van der Waals surface area (Å²) in [7, 11) is 0. The molecule has 0 radical (unpaired) electrons. The number of nitrogens with zero attached hydrogens (tertiary/aromatic N) is 2. The number of aryl methyl sites for hydroxylation is 1. The number of unbranched alkanes of at least 4 members (excludes halogenated alkanes) is 2. The first-order valence-electron chi connectivity index (χ1n) is 21.0. The molecule has 3 aromatic rings. The fraction of sp³-hybridized carbons (Fsp3) is 0.605. The topological polar surface area (TPSA) is 187 Å². The lowest BCUT2D eigenvalue weighted by Gasteiger charge is -2.28. The molecular weight excluding hydrogens is 779 g/mol. The first-order valence-corrected chi connectivity index (χ1v) is 21.9. The number of nitrogens with one attached hydrogen (secondary N) is 3. The van der Waals surface area contributed by atoms with Gasteiger partial charge in [0.2, 0.25) is 17.7 Å². The zero-order valence-corrected chi connectivity index (χ0v) is 35.5. The fourth-order valence-corrected chi connectivity index (χ4v) is 7.80. The summed E-state index contributed by atoms with van der Waals surface area (Å²) >= 11 is 1.54. The van der Waals surface area contributed by atoms with Crippen molar-refractivity contribution in [2.75, 3.05) is 77.4 Å². The van der Waals surface area contributed by atoms with Crippen molar-refractivity contribution in [3.05, 3.63) is 53.0 Å². The second kappa shape index (κ2) is 26.7. The Morgan fingerprint density at radius 1 is 0.797 bits per heavy atom. The average molecular weight is 842 g/mol. The van der Waals surface area contributed by atoms with Gasteiger partial charge in [-0.05, 0) is 87.1 Å². The summed E-state index contributed by atoms with van der Waals surface area (Å²) in [5, 5.41) is 19.6. The summed E-state index contributed by atoms with van der Waals surface area (Å²) in [5.74, 6) is -1.25. The van der Waals surface area contributed by atoms with E-state index in [1.165, 1.54) is 0 Å². The van der Waals surface area contributed by atoms with Gasteiger partial charge in [-0.1, -0.05) is 25.5 Å². The molecule has 0 aliphatic heterocycles. The van der Waals surface area contributed by atoms with Gasteiger partial charge in [-0.25, -0.2) is 0 Å². The molecule has 2 aromatic heterocycles. The molecule has 1 fully saturated rings. The van der Waals surface area contributed by atoms with Gasteiger partial charge in [0.25, 0.3) is 5.91 Å². The summed E-state index contributed by atoms with van der Waals surface area (Å²) in [4.78, 5) is 64.5. The Kier molecular flexibility index (Phi) is 21.4. The maximum absolute atomic E-state index is 13.7. The molecule has 4 amide bonds. The van der Waals surface area contributed by atoms with Crippen LogP contribution in [0.3, 0.4) is 0 Å². The molecule has 2 heterocycles. The van der Waals surface area contributed by atoms with Crippen LogP contribution in [0.15, 0.2) is 41.8 Å². The van der Waals surface area contributed by atoms with Crippen molar-refractivity contribution in [1.29, 1.82) is 0 Å². The number of carboxylic acids is 1. The molecule has 1 aliphatic carbocycles. The number of aliphatic carboxylic acids is 1. The number of likely N-dealkylation sites (N-methyl/N-ethyl adjacent to an activating group) is 1. The van der Waals surface area contributed by atoms with E-state index in [9.17, 15) is 24.0 Å². The van der Waals surface area contributed by atoms with Crippen LogP contribution in [0.1, 0.15) is 87.7 Å². The number of thiophene rings is 1. The van der Waals surface area contributed by atoms with Gasteiger partial charge in [-0.2, -0.15) is 0 Å². The third-order valence-electron chi connectivity index (χ3n) is 10.3. The SMILES string of the molecule is CCc1cccc(N(CC)C(=O)Cn2c(C(=O)NC3CCC(C(=O)NCCCCCC(=O)NCCOCCOCCOCCOCCC(=O)O)CC3)cc3sccc32)c1. The zero-order valence-electron chi connectivity index (χ0n) is 34.7. The molecule has 1 aliphatic rings. The highest BCUT2D eigenvalue weighted by Crippen LogP contribution is 2.28. The lowest BCUT2D eigenvalue weighted by Crippen LogP contribution is -2.42. The maximum Gasteiger partial charge on any atom is 0.305 e. The van der Waals surface area contributed by atoms with Crippen molar-refractivity contribution >= 4 is 56.8 Å². The third-order valence-corrected chi connectivity index (χ3v) is 11.1. The molecule has 326 valence electrons. The van der Waals surface area contributed by atoms with E-state index >= 15 is 0 Å². The number of rotatable bonds is 29. The molecule has 1 aromatic carbocycles. The summed E-state index contributed by atoms with van der Waals surface area (Å²) < 4.78 is 24.1. The predicted molar refractivity (Wildman–Crippen MR) is 227 cm³/mol. The number of carboxylic acid groups (broad SMARTS) is 1. The van der Waals surface area contributed by atoms with E-state index in [4.69, 9.17) is 24.1 Å². The predicted octanol–water partition coefficient (Wildman–Crippen LogP) is 4.94. The molecular formula is C43H63N5O10S. The quantitative estimate of drug-likeness (QED) is 0.0698. The van der Waals surface area contributed by atoms with Crippen molar-refractivity contribution in [3.8, 4) is 0 Å². The monoisotopic (exact) mass is 841 g/mol. The zero-order chi connectivity index (χ0) is 42.2. The van der Waals surface area contributed by atoms with Gasteiger partial charge < -0.3 is 49.5 Å². The molecule has 16 heteroatoms. The Morgan fingerprint density at radius 2 is 1.49 bits per heavy atom. The highest BCUT2D eigenvalue weighted by molar-refractivity contribution is 7.17. The highest BCUT2D eigenvalue weighted by Gasteiger charge is 2.29. The number of aromatic nitrogens is 1. The minimum atomic E-state index is -0.890. The Morgan fingerprint density at radius 3 is 2.17 bits per heavy atom. The van der Waals surface area contributed by atoms with Gasteiger partial charge in [-0.3, -0.25) is 24.0 Å². The van der Waals surface area contributed by atoms with Crippen molar-refractivity contribution in [2.24, 2.45) is 5.92 Å². The number of carbonyl (C=O) groups excluding carboxylic acids is 4. The van der Waals surface area contributed by atoms with Crippen molar-refractivity contribution in [3.63, 3.8) is 0 Å². The van der Waals surface area contributed by atoms with Crippen LogP contribution in [0.2, 0.25) is 0 Å². The number of anilines is 1. The molecule has 0 unspecified atom stereocenters. The Balaban J connectivity index is 1.03. The number of benzene rings is 1. The Labute approximate surface area is 351 Å².